The van der Waals surface area contributed by atoms with Gasteiger partial charge in [0.2, 0.25) is 0 Å². The monoisotopic (exact) mass is 198 g/mol. The van der Waals surface area contributed by atoms with Crippen LogP contribution in [-0.2, 0) is 0 Å². The van der Waals surface area contributed by atoms with Crippen LogP contribution in [0.2, 0.25) is 0 Å². The van der Waals surface area contributed by atoms with Gasteiger partial charge in [0, 0.05) is 16.6 Å². The minimum absolute atomic E-state index is 0.312. The fourth-order valence-electron chi connectivity index (χ4n) is 1.48. The number of rotatable bonds is 3. The summed E-state index contributed by atoms with van der Waals surface area (Å²) >= 11 is 0. The minimum atomic E-state index is 0.312. The lowest BCUT2D eigenvalue weighted by molar-refractivity contribution is 1.23. The van der Waals surface area contributed by atoms with Gasteiger partial charge in [0.15, 0.2) is 0 Å². The number of hydrogen-bond acceptors (Lipinski definition) is 1. The lowest BCUT2D eigenvalue weighted by atomic mass is 10.1. The van der Waals surface area contributed by atoms with E-state index in [1.165, 1.54) is 0 Å². The van der Waals surface area contributed by atoms with Crippen LogP contribution in [0.5, 0.6) is 0 Å². The quantitative estimate of drug-likeness (QED) is 0.445. The molecule has 0 atom stereocenters. The SMILES string of the molecule is C=C(CN=[N+]=[N-])c1ccc2[nH]ccc2c1. The van der Waals surface area contributed by atoms with E-state index in [-0.39, 0.29) is 0 Å². The number of fused-ring (bicyclic) bond motifs is 1. The molecule has 0 aliphatic heterocycles. The van der Waals surface area contributed by atoms with E-state index in [1.807, 2.05) is 30.5 Å². The molecule has 0 saturated carbocycles. The average Bonchev–Trinajstić information content (AvgIpc) is 2.72. The molecule has 1 aromatic carbocycles. The van der Waals surface area contributed by atoms with Gasteiger partial charge in [0.25, 0.3) is 0 Å². The third kappa shape index (κ3) is 1.85. The van der Waals surface area contributed by atoms with E-state index in [2.05, 4.69) is 21.6 Å². The Labute approximate surface area is 86.9 Å². The van der Waals surface area contributed by atoms with E-state index in [9.17, 15) is 0 Å². The van der Waals surface area contributed by atoms with Crippen molar-refractivity contribution < 1.29 is 0 Å². The summed E-state index contributed by atoms with van der Waals surface area (Å²) in [5.74, 6) is 0. The maximum atomic E-state index is 8.21. The van der Waals surface area contributed by atoms with E-state index < -0.39 is 0 Å². The zero-order valence-electron chi connectivity index (χ0n) is 8.14. The molecule has 0 aliphatic carbocycles. The summed E-state index contributed by atoms with van der Waals surface area (Å²) < 4.78 is 0. The van der Waals surface area contributed by atoms with Gasteiger partial charge in [0.05, 0.1) is 6.54 Å². The molecule has 0 unspecified atom stereocenters. The van der Waals surface area contributed by atoms with Crippen LogP contribution in [0.3, 0.4) is 0 Å². The molecule has 0 aliphatic rings. The molecule has 0 bridgehead atoms. The molecular weight excluding hydrogens is 188 g/mol. The maximum Gasteiger partial charge on any atom is 0.0510 e. The van der Waals surface area contributed by atoms with Gasteiger partial charge < -0.3 is 4.98 Å². The van der Waals surface area contributed by atoms with E-state index in [1.54, 1.807) is 0 Å². The Balaban J connectivity index is 2.35. The lowest BCUT2D eigenvalue weighted by Crippen LogP contribution is -1.85. The second kappa shape index (κ2) is 3.90. The molecule has 74 valence electrons. The first kappa shape index (κ1) is 9.37. The standard InChI is InChI=1S/C11H10N4/c1-8(7-14-15-12)9-2-3-11-10(6-9)4-5-13-11/h2-6,13H,1,7H2. The summed E-state index contributed by atoms with van der Waals surface area (Å²) in [6, 6.07) is 7.99. The molecular formula is C11H10N4. The first-order chi connectivity index (χ1) is 7.31. The van der Waals surface area contributed by atoms with Crippen molar-refractivity contribution in [3.8, 4) is 0 Å². The zero-order chi connectivity index (χ0) is 10.7. The molecule has 0 radical (unpaired) electrons. The Morgan fingerprint density at radius 3 is 3.13 bits per heavy atom. The lowest BCUT2D eigenvalue weighted by Gasteiger charge is -2.01. The van der Waals surface area contributed by atoms with Gasteiger partial charge in [-0.2, -0.15) is 0 Å². The van der Waals surface area contributed by atoms with Crippen molar-refractivity contribution in [2.45, 2.75) is 0 Å². The van der Waals surface area contributed by atoms with Crippen LogP contribution >= 0.6 is 0 Å². The number of azide groups is 1. The molecule has 0 amide bonds. The largest absolute Gasteiger partial charge is 0.361 e. The topological polar surface area (TPSA) is 64.6 Å². The van der Waals surface area contributed by atoms with Crippen molar-refractivity contribution in [3.05, 3.63) is 53.0 Å². The van der Waals surface area contributed by atoms with E-state index in [0.29, 0.717) is 6.54 Å². The number of aromatic amines is 1. The van der Waals surface area contributed by atoms with Crippen molar-refractivity contribution in [2.24, 2.45) is 5.11 Å². The number of hydrogen-bond donors (Lipinski definition) is 1. The van der Waals surface area contributed by atoms with Crippen molar-refractivity contribution >= 4 is 16.5 Å². The van der Waals surface area contributed by atoms with E-state index in [0.717, 1.165) is 22.0 Å². The van der Waals surface area contributed by atoms with Crippen LogP contribution in [0.25, 0.3) is 26.9 Å². The van der Waals surface area contributed by atoms with Crippen molar-refractivity contribution in [3.63, 3.8) is 0 Å². The fraction of sp³-hybridized carbons (Fsp3) is 0.0909. The predicted molar refractivity (Wildman–Crippen MR) is 61.3 cm³/mol. The van der Waals surface area contributed by atoms with Crippen LogP contribution < -0.4 is 0 Å². The van der Waals surface area contributed by atoms with Crippen LogP contribution in [-0.4, -0.2) is 11.5 Å². The summed E-state index contributed by atoms with van der Waals surface area (Å²) in [6.45, 7) is 4.19. The summed E-state index contributed by atoms with van der Waals surface area (Å²) in [4.78, 5) is 5.83. The molecule has 2 rings (SSSR count). The van der Waals surface area contributed by atoms with Gasteiger partial charge in [-0.1, -0.05) is 17.8 Å². The Bertz CT molecular complexity index is 546. The Morgan fingerprint density at radius 1 is 1.47 bits per heavy atom. The molecule has 1 heterocycles. The summed E-state index contributed by atoms with van der Waals surface area (Å²) in [7, 11) is 0. The number of H-pyrrole nitrogens is 1. The van der Waals surface area contributed by atoms with E-state index in [4.69, 9.17) is 5.53 Å². The molecule has 1 aromatic heterocycles. The highest BCUT2D eigenvalue weighted by molar-refractivity contribution is 5.83. The van der Waals surface area contributed by atoms with Crippen LogP contribution in [0.4, 0.5) is 0 Å². The van der Waals surface area contributed by atoms with Gasteiger partial charge in [-0.15, -0.1) is 0 Å². The fourth-order valence-corrected chi connectivity index (χ4v) is 1.48. The zero-order valence-corrected chi connectivity index (χ0v) is 8.14. The molecule has 4 heteroatoms. The predicted octanol–water partition coefficient (Wildman–Crippen LogP) is 3.49. The smallest absolute Gasteiger partial charge is 0.0510 e. The Kier molecular flexibility index (Phi) is 2.44. The Hall–Kier alpha value is -2.19. The second-order valence-corrected chi connectivity index (χ2v) is 3.27. The van der Waals surface area contributed by atoms with Gasteiger partial charge >= 0.3 is 0 Å². The second-order valence-electron chi connectivity index (χ2n) is 3.27. The normalized spacial score (nSPS) is 9.87. The van der Waals surface area contributed by atoms with Gasteiger partial charge in [-0.05, 0) is 40.3 Å². The highest BCUT2D eigenvalue weighted by Crippen LogP contribution is 2.19. The molecule has 4 nitrogen and oxygen atoms in total. The summed E-state index contributed by atoms with van der Waals surface area (Å²) in [5, 5.41) is 4.62. The van der Waals surface area contributed by atoms with Crippen LogP contribution in [0.15, 0.2) is 42.2 Å². The molecule has 0 saturated heterocycles. The number of aromatic nitrogens is 1. The van der Waals surface area contributed by atoms with Crippen LogP contribution in [0.1, 0.15) is 5.56 Å². The van der Waals surface area contributed by atoms with Crippen molar-refractivity contribution in [1.82, 2.24) is 4.98 Å². The van der Waals surface area contributed by atoms with Gasteiger partial charge in [-0.3, -0.25) is 0 Å². The number of nitrogens with zero attached hydrogens (tertiary/aromatic N) is 3. The molecule has 0 spiro atoms. The highest BCUT2D eigenvalue weighted by Gasteiger charge is 2.00. The first-order valence-electron chi connectivity index (χ1n) is 4.57. The number of nitrogens with one attached hydrogen (secondary N) is 1. The molecule has 1 N–H and O–H groups in total. The van der Waals surface area contributed by atoms with Gasteiger partial charge in [0.1, 0.15) is 0 Å². The van der Waals surface area contributed by atoms with Crippen molar-refractivity contribution in [2.75, 3.05) is 6.54 Å². The van der Waals surface area contributed by atoms with Crippen molar-refractivity contribution in [1.29, 1.82) is 0 Å². The number of benzene rings is 1. The third-order valence-corrected chi connectivity index (χ3v) is 2.29. The molecule has 0 fully saturated rings. The maximum absolute atomic E-state index is 8.21. The highest BCUT2D eigenvalue weighted by atomic mass is 15.1. The molecule has 2 aromatic rings. The average molecular weight is 198 g/mol. The molecule has 15 heavy (non-hydrogen) atoms. The summed E-state index contributed by atoms with van der Waals surface area (Å²) in [6.07, 6.45) is 1.89. The Morgan fingerprint density at radius 2 is 2.33 bits per heavy atom. The first-order valence-corrected chi connectivity index (χ1v) is 4.57. The van der Waals surface area contributed by atoms with E-state index >= 15 is 0 Å². The summed E-state index contributed by atoms with van der Waals surface area (Å²) in [5.41, 5.74) is 11.1. The van der Waals surface area contributed by atoms with Crippen LogP contribution in [0, 0.1) is 0 Å². The minimum Gasteiger partial charge on any atom is -0.361 e. The van der Waals surface area contributed by atoms with Gasteiger partial charge in [-0.25, -0.2) is 0 Å². The third-order valence-electron chi connectivity index (χ3n) is 2.29.